The summed E-state index contributed by atoms with van der Waals surface area (Å²) in [6.45, 7) is 6.78. The molecule has 0 atom stereocenters. The molecule has 0 heterocycles. The van der Waals surface area contributed by atoms with Gasteiger partial charge in [0.25, 0.3) is 0 Å². The van der Waals surface area contributed by atoms with Gasteiger partial charge in [-0.2, -0.15) is 0 Å². The van der Waals surface area contributed by atoms with E-state index < -0.39 is 0 Å². The minimum Gasteiger partial charge on any atom is -0.494 e. The number of fused-ring (bicyclic) bond motifs is 2. The van der Waals surface area contributed by atoms with Crippen LogP contribution in [0, 0.1) is 11.8 Å². The molecular formula is C49H48O3S. The van der Waals surface area contributed by atoms with Gasteiger partial charge < -0.3 is 9.47 Å². The lowest BCUT2D eigenvalue weighted by atomic mass is 9.99. The zero-order chi connectivity index (χ0) is 36.7. The van der Waals surface area contributed by atoms with Crippen molar-refractivity contribution in [2.24, 2.45) is 0 Å². The third-order valence-corrected chi connectivity index (χ3v) is 10.5. The Morgan fingerprint density at radius 3 is 1.83 bits per heavy atom. The van der Waals surface area contributed by atoms with Crippen molar-refractivity contribution in [2.45, 2.75) is 63.2 Å². The number of carbonyl (C=O) groups is 1. The molecule has 53 heavy (non-hydrogen) atoms. The highest BCUT2D eigenvalue weighted by Gasteiger charge is 2.05. The van der Waals surface area contributed by atoms with Crippen LogP contribution >= 0.6 is 11.8 Å². The first-order valence-corrected chi connectivity index (χ1v) is 19.9. The predicted octanol–water partition coefficient (Wildman–Crippen LogP) is 13.1. The Kier molecular flexibility index (Phi) is 13.8. The number of hydrogen-bond donors (Lipinski definition) is 0. The number of thioether (sulfide) groups is 1. The van der Waals surface area contributed by atoms with E-state index in [4.69, 9.17) is 9.47 Å². The van der Waals surface area contributed by atoms with Crippen molar-refractivity contribution in [1.29, 1.82) is 0 Å². The molecule has 0 saturated heterocycles. The van der Waals surface area contributed by atoms with Gasteiger partial charge in [0.05, 0.1) is 13.2 Å². The van der Waals surface area contributed by atoms with Crippen LogP contribution < -0.4 is 4.74 Å². The van der Waals surface area contributed by atoms with Crippen molar-refractivity contribution < 1.29 is 14.3 Å². The summed E-state index contributed by atoms with van der Waals surface area (Å²) in [4.78, 5) is 12.4. The Hall–Kier alpha value is -5.24. The van der Waals surface area contributed by atoms with E-state index in [9.17, 15) is 4.79 Å². The van der Waals surface area contributed by atoms with Crippen LogP contribution in [0.1, 0.15) is 69.4 Å². The Morgan fingerprint density at radius 2 is 1.13 bits per heavy atom. The van der Waals surface area contributed by atoms with E-state index in [2.05, 4.69) is 141 Å². The molecule has 4 heteroatoms. The molecule has 0 spiro atoms. The van der Waals surface area contributed by atoms with Crippen LogP contribution in [0.25, 0.3) is 43.8 Å². The summed E-state index contributed by atoms with van der Waals surface area (Å²) >= 11 is 1.96. The van der Waals surface area contributed by atoms with E-state index in [-0.39, 0.29) is 5.97 Å². The lowest BCUT2D eigenvalue weighted by Crippen LogP contribution is -2.02. The van der Waals surface area contributed by atoms with Crippen LogP contribution in [-0.2, 0) is 9.53 Å². The summed E-state index contributed by atoms with van der Waals surface area (Å²) in [5, 5.41) is 4.75. The molecule has 0 aliphatic heterocycles. The maximum atomic E-state index is 11.1. The maximum Gasteiger partial charge on any atom is 0.330 e. The van der Waals surface area contributed by atoms with E-state index >= 15 is 0 Å². The molecule has 0 aromatic heterocycles. The van der Waals surface area contributed by atoms with Crippen LogP contribution in [0.4, 0.5) is 0 Å². The Bertz CT molecular complexity index is 2190. The zero-order valence-electron chi connectivity index (χ0n) is 30.7. The highest BCUT2D eigenvalue weighted by atomic mass is 32.2. The second-order valence-electron chi connectivity index (χ2n) is 13.4. The van der Waals surface area contributed by atoms with Gasteiger partial charge in [0.2, 0.25) is 0 Å². The van der Waals surface area contributed by atoms with Crippen molar-refractivity contribution in [3.63, 3.8) is 0 Å². The van der Waals surface area contributed by atoms with Crippen molar-refractivity contribution >= 4 is 39.3 Å². The number of ether oxygens (including phenoxy) is 2. The van der Waals surface area contributed by atoms with Gasteiger partial charge in [0.15, 0.2) is 0 Å². The quantitative estimate of drug-likeness (QED) is 0.0309. The van der Waals surface area contributed by atoms with Crippen LogP contribution in [0.5, 0.6) is 5.75 Å². The number of benzene rings is 6. The lowest BCUT2D eigenvalue weighted by molar-refractivity contribution is -0.137. The molecule has 0 radical (unpaired) electrons. The van der Waals surface area contributed by atoms with Crippen LogP contribution in [0.15, 0.2) is 139 Å². The summed E-state index contributed by atoms with van der Waals surface area (Å²) in [7, 11) is 0. The van der Waals surface area contributed by atoms with Crippen molar-refractivity contribution in [3.8, 4) is 39.8 Å². The van der Waals surface area contributed by atoms with Gasteiger partial charge in [-0.25, -0.2) is 4.79 Å². The second-order valence-corrected chi connectivity index (χ2v) is 14.6. The molecule has 6 aromatic rings. The molecule has 6 aromatic carbocycles. The van der Waals surface area contributed by atoms with Crippen LogP contribution in [0.2, 0.25) is 0 Å². The number of unbranched alkanes of at least 4 members (excludes halogenated alkanes) is 6. The third kappa shape index (κ3) is 11.1. The minimum absolute atomic E-state index is 0.359. The van der Waals surface area contributed by atoms with E-state index in [1.54, 1.807) is 0 Å². The number of rotatable bonds is 17. The number of hydrogen-bond acceptors (Lipinski definition) is 4. The molecule has 0 fully saturated rings. The monoisotopic (exact) mass is 716 g/mol. The molecule has 0 aliphatic rings. The first-order chi connectivity index (χ1) is 26.1. The molecule has 0 unspecified atom stereocenters. The topological polar surface area (TPSA) is 35.5 Å². The van der Waals surface area contributed by atoms with Gasteiger partial charge in [-0.3, -0.25) is 0 Å². The van der Waals surface area contributed by atoms with Gasteiger partial charge >= 0.3 is 5.97 Å². The Labute approximate surface area is 319 Å². The number of carbonyl (C=O) groups excluding carboxylic acids is 1. The first kappa shape index (κ1) is 37.5. The Balaban J connectivity index is 1.00. The van der Waals surface area contributed by atoms with Gasteiger partial charge in [-0.15, -0.1) is 11.8 Å². The van der Waals surface area contributed by atoms with Crippen molar-refractivity contribution in [1.82, 2.24) is 0 Å². The van der Waals surface area contributed by atoms with Gasteiger partial charge in [-0.1, -0.05) is 105 Å². The summed E-state index contributed by atoms with van der Waals surface area (Å²) < 4.78 is 11.0. The third-order valence-electron chi connectivity index (χ3n) is 9.39. The summed E-state index contributed by atoms with van der Waals surface area (Å²) in [5.74, 6) is 8.45. The average molecular weight is 717 g/mol. The summed E-state index contributed by atoms with van der Waals surface area (Å²) in [6.07, 6.45) is 10.3. The average Bonchev–Trinajstić information content (AvgIpc) is 3.20. The molecule has 0 saturated carbocycles. The lowest BCUT2D eigenvalue weighted by Gasteiger charge is -2.09. The van der Waals surface area contributed by atoms with E-state index in [1.165, 1.54) is 75.3 Å². The fourth-order valence-corrected chi connectivity index (χ4v) is 7.24. The smallest absolute Gasteiger partial charge is 0.330 e. The van der Waals surface area contributed by atoms with Crippen LogP contribution in [-0.4, -0.2) is 24.9 Å². The maximum absolute atomic E-state index is 11.1. The molecule has 0 N–H and O–H groups in total. The van der Waals surface area contributed by atoms with E-state index in [1.807, 2.05) is 17.8 Å². The second kappa shape index (κ2) is 19.6. The molecule has 0 amide bonds. The minimum atomic E-state index is -0.359. The fourth-order valence-electron chi connectivity index (χ4n) is 6.33. The summed E-state index contributed by atoms with van der Waals surface area (Å²) in [6, 6.07) is 43.5. The largest absolute Gasteiger partial charge is 0.494 e. The zero-order valence-corrected chi connectivity index (χ0v) is 31.6. The van der Waals surface area contributed by atoms with Crippen LogP contribution in [0.3, 0.4) is 0 Å². The highest BCUT2D eigenvalue weighted by molar-refractivity contribution is 7.99. The SMILES string of the molecule is C=CC(=O)OCCCCCCOc1ccc2cc(-c3ccc(C#Cc4ccc5cc(-c6ccc(SCCCCCC)cc6)ccc5c4)cc3)ccc2c1. The summed E-state index contributed by atoms with van der Waals surface area (Å²) in [5.41, 5.74) is 6.82. The first-order valence-electron chi connectivity index (χ1n) is 18.9. The standard InChI is InChI=1S/C49H48O3S/c1-3-5-6-11-32-53-48-28-25-40(26-29-48)43-21-20-41-33-38(16-19-44(41)34-43)13-12-37-14-17-39(18-15-37)42-22-23-46-36-47(27-24-45(46)35-42)51-30-9-7-8-10-31-52-49(50)4-2/h4,14-29,33-36H,2-3,5-11,30-32H2,1H3. The molecule has 6 rings (SSSR count). The normalized spacial score (nSPS) is 10.9. The predicted molar refractivity (Wildman–Crippen MR) is 225 cm³/mol. The van der Waals surface area contributed by atoms with Crippen molar-refractivity contribution in [2.75, 3.05) is 19.0 Å². The molecule has 3 nitrogen and oxygen atoms in total. The van der Waals surface area contributed by atoms with E-state index in [0.29, 0.717) is 13.2 Å². The molecule has 268 valence electrons. The molecular weight excluding hydrogens is 669 g/mol. The van der Waals surface area contributed by atoms with Gasteiger partial charge in [-0.05, 0) is 142 Å². The van der Waals surface area contributed by atoms with Gasteiger partial charge in [0, 0.05) is 22.1 Å². The fraction of sp³-hybridized carbons (Fsp3) is 0.245. The van der Waals surface area contributed by atoms with Crippen molar-refractivity contribution in [3.05, 3.63) is 145 Å². The highest BCUT2D eigenvalue weighted by Crippen LogP contribution is 2.29. The van der Waals surface area contributed by atoms with Gasteiger partial charge in [0.1, 0.15) is 5.75 Å². The Morgan fingerprint density at radius 1 is 0.585 bits per heavy atom. The number of esters is 1. The molecule has 0 aliphatic carbocycles. The molecule has 0 bridgehead atoms. The van der Waals surface area contributed by atoms with E-state index in [0.717, 1.165) is 53.5 Å².